The Balaban J connectivity index is 1.47. The maximum Gasteiger partial charge on any atom is 0.316 e. The van der Waals surface area contributed by atoms with Gasteiger partial charge in [-0.05, 0) is 41.3 Å². The number of benzene rings is 1. The van der Waals surface area contributed by atoms with Crippen LogP contribution in [0.4, 0.5) is 0 Å². The Morgan fingerprint density at radius 2 is 1.77 bits per heavy atom. The van der Waals surface area contributed by atoms with Crippen molar-refractivity contribution in [3.05, 3.63) is 52.3 Å². The van der Waals surface area contributed by atoms with Gasteiger partial charge in [0.1, 0.15) is 6.10 Å². The lowest BCUT2D eigenvalue weighted by molar-refractivity contribution is 0.0892. The van der Waals surface area contributed by atoms with Crippen molar-refractivity contribution >= 4 is 15.9 Å². The van der Waals surface area contributed by atoms with Crippen LogP contribution in [0.3, 0.4) is 0 Å². The lowest BCUT2D eigenvalue weighted by atomic mass is 10.1. The highest BCUT2D eigenvalue weighted by molar-refractivity contribution is 9.10. The Labute approximate surface area is 139 Å². The second kappa shape index (κ2) is 7.20. The highest BCUT2D eigenvalue weighted by Gasteiger charge is 2.21. The van der Waals surface area contributed by atoms with E-state index in [1.807, 2.05) is 0 Å². The van der Waals surface area contributed by atoms with Crippen LogP contribution < -0.4 is 4.74 Å². The summed E-state index contributed by atoms with van der Waals surface area (Å²) in [5.74, 6) is 0. The van der Waals surface area contributed by atoms with Gasteiger partial charge in [0.15, 0.2) is 0 Å². The van der Waals surface area contributed by atoms with Gasteiger partial charge in [-0.2, -0.15) is 0 Å². The van der Waals surface area contributed by atoms with Gasteiger partial charge in [0.2, 0.25) is 0 Å². The van der Waals surface area contributed by atoms with E-state index in [4.69, 9.17) is 4.74 Å². The summed E-state index contributed by atoms with van der Waals surface area (Å²) in [4.78, 5) is 10.8. The molecule has 3 rings (SSSR count). The molecule has 2 aromatic rings. The van der Waals surface area contributed by atoms with Crippen LogP contribution in [-0.4, -0.2) is 34.1 Å². The molecule has 0 unspecified atom stereocenters. The van der Waals surface area contributed by atoms with Gasteiger partial charge >= 0.3 is 6.01 Å². The first kappa shape index (κ1) is 15.4. The zero-order valence-corrected chi connectivity index (χ0v) is 14.3. The van der Waals surface area contributed by atoms with E-state index in [0.29, 0.717) is 6.01 Å². The fourth-order valence-corrected chi connectivity index (χ4v) is 2.85. The van der Waals surface area contributed by atoms with Gasteiger partial charge in [0.05, 0.1) is 4.47 Å². The minimum absolute atomic E-state index is 0.218. The third kappa shape index (κ3) is 4.27. The van der Waals surface area contributed by atoms with Crippen LogP contribution in [0.15, 0.2) is 41.1 Å². The van der Waals surface area contributed by atoms with Crippen molar-refractivity contribution in [1.29, 1.82) is 0 Å². The number of likely N-dealkylation sites (tertiary alicyclic amines) is 1. The molecule has 5 heteroatoms. The smallest absolute Gasteiger partial charge is 0.316 e. The van der Waals surface area contributed by atoms with Crippen LogP contribution >= 0.6 is 15.9 Å². The lowest BCUT2D eigenvalue weighted by Gasteiger charge is -2.31. The molecule has 22 heavy (non-hydrogen) atoms. The van der Waals surface area contributed by atoms with Crippen LogP contribution in [0, 0.1) is 6.92 Å². The van der Waals surface area contributed by atoms with Gasteiger partial charge in [-0.3, -0.25) is 4.90 Å². The first-order valence-electron chi connectivity index (χ1n) is 7.61. The van der Waals surface area contributed by atoms with Crippen LogP contribution in [0.2, 0.25) is 0 Å². The average Bonchev–Trinajstić information content (AvgIpc) is 2.54. The maximum atomic E-state index is 5.85. The van der Waals surface area contributed by atoms with E-state index in [9.17, 15) is 0 Å². The van der Waals surface area contributed by atoms with Crippen molar-refractivity contribution < 1.29 is 4.74 Å². The van der Waals surface area contributed by atoms with E-state index < -0.39 is 0 Å². The predicted molar refractivity (Wildman–Crippen MR) is 89.8 cm³/mol. The number of halogens is 1. The number of aryl methyl sites for hydroxylation is 1. The number of hydrogen-bond donors (Lipinski definition) is 0. The molecule has 0 N–H and O–H groups in total. The molecule has 0 amide bonds. The standard InChI is InChI=1S/C17H20BrN3O/c1-13-2-4-14(5-3-13)12-21-8-6-16(7-9-21)22-17-19-10-15(18)11-20-17/h2-5,10-11,16H,6-9,12H2,1H3. The van der Waals surface area contributed by atoms with E-state index in [1.54, 1.807) is 12.4 Å². The molecular weight excluding hydrogens is 342 g/mol. The maximum absolute atomic E-state index is 5.85. The first-order valence-corrected chi connectivity index (χ1v) is 8.40. The van der Waals surface area contributed by atoms with E-state index in [0.717, 1.165) is 36.9 Å². The van der Waals surface area contributed by atoms with E-state index in [2.05, 4.69) is 62.0 Å². The number of ether oxygens (including phenoxy) is 1. The minimum atomic E-state index is 0.218. The van der Waals surface area contributed by atoms with Crippen LogP contribution in [-0.2, 0) is 6.54 Å². The average molecular weight is 362 g/mol. The van der Waals surface area contributed by atoms with Crippen molar-refractivity contribution in [3.63, 3.8) is 0 Å². The highest BCUT2D eigenvalue weighted by atomic mass is 79.9. The fourth-order valence-electron chi connectivity index (χ4n) is 2.65. The van der Waals surface area contributed by atoms with Crippen molar-refractivity contribution in [1.82, 2.24) is 14.9 Å². The molecule has 0 radical (unpaired) electrons. The van der Waals surface area contributed by atoms with Crippen molar-refractivity contribution in [2.75, 3.05) is 13.1 Å². The largest absolute Gasteiger partial charge is 0.460 e. The monoisotopic (exact) mass is 361 g/mol. The Kier molecular flexibility index (Phi) is 5.05. The molecule has 1 aliphatic heterocycles. The SMILES string of the molecule is Cc1ccc(CN2CCC(Oc3ncc(Br)cn3)CC2)cc1. The summed E-state index contributed by atoms with van der Waals surface area (Å²) in [6.45, 7) is 5.24. The molecule has 1 saturated heterocycles. The Morgan fingerprint density at radius 3 is 2.41 bits per heavy atom. The molecule has 4 nitrogen and oxygen atoms in total. The molecule has 0 saturated carbocycles. The summed E-state index contributed by atoms with van der Waals surface area (Å²) in [6, 6.07) is 9.26. The number of nitrogens with zero attached hydrogens (tertiary/aromatic N) is 3. The van der Waals surface area contributed by atoms with Crippen LogP contribution in [0.5, 0.6) is 6.01 Å². The van der Waals surface area contributed by atoms with Gasteiger partial charge in [-0.1, -0.05) is 29.8 Å². The van der Waals surface area contributed by atoms with Crippen LogP contribution in [0.1, 0.15) is 24.0 Å². The molecular formula is C17H20BrN3O. The summed E-state index contributed by atoms with van der Waals surface area (Å²) in [7, 11) is 0. The van der Waals surface area contributed by atoms with Gasteiger partial charge in [0, 0.05) is 32.0 Å². The highest BCUT2D eigenvalue weighted by Crippen LogP contribution is 2.18. The third-order valence-electron chi connectivity index (χ3n) is 3.93. The Morgan fingerprint density at radius 1 is 1.14 bits per heavy atom. The van der Waals surface area contributed by atoms with E-state index in [-0.39, 0.29) is 6.10 Å². The molecule has 0 spiro atoms. The Bertz CT molecular complexity index is 537. The predicted octanol–water partition coefficient (Wildman–Crippen LogP) is 3.59. The van der Waals surface area contributed by atoms with E-state index >= 15 is 0 Å². The lowest BCUT2D eigenvalue weighted by Crippen LogP contribution is -2.38. The molecule has 2 heterocycles. The normalized spacial score (nSPS) is 16.6. The minimum Gasteiger partial charge on any atom is -0.460 e. The second-order valence-electron chi connectivity index (χ2n) is 5.76. The number of piperidine rings is 1. The molecule has 116 valence electrons. The Hall–Kier alpha value is -1.46. The molecule has 0 bridgehead atoms. The molecule has 1 fully saturated rings. The summed E-state index contributed by atoms with van der Waals surface area (Å²) in [5, 5.41) is 0. The third-order valence-corrected chi connectivity index (χ3v) is 4.34. The summed E-state index contributed by atoms with van der Waals surface area (Å²) in [5.41, 5.74) is 2.69. The number of rotatable bonds is 4. The number of hydrogen-bond acceptors (Lipinski definition) is 4. The molecule has 1 aliphatic rings. The zero-order valence-electron chi connectivity index (χ0n) is 12.7. The molecule has 0 atom stereocenters. The fraction of sp³-hybridized carbons (Fsp3) is 0.412. The van der Waals surface area contributed by atoms with Gasteiger partial charge < -0.3 is 4.74 Å². The van der Waals surface area contributed by atoms with Crippen molar-refractivity contribution in [3.8, 4) is 6.01 Å². The van der Waals surface area contributed by atoms with E-state index in [1.165, 1.54) is 11.1 Å². The molecule has 1 aromatic carbocycles. The molecule has 1 aromatic heterocycles. The zero-order chi connectivity index (χ0) is 15.4. The summed E-state index contributed by atoms with van der Waals surface area (Å²) in [6.07, 6.45) is 5.69. The summed E-state index contributed by atoms with van der Waals surface area (Å²) < 4.78 is 6.72. The van der Waals surface area contributed by atoms with Gasteiger partial charge in [0.25, 0.3) is 0 Å². The molecule has 0 aliphatic carbocycles. The number of aromatic nitrogens is 2. The van der Waals surface area contributed by atoms with Gasteiger partial charge in [-0.25, -0.2) is 9.97 Å². The summed E-state index contributed by atoms with van der Waals surface area (Å²) >= 11 is 3.33. The van der Waals surface area contributed by atoms with Gasteiger partial charge in [-0.15, -0.1) is 0 Å². The van der Waals surface area contributed by atoms with Crippen molar-refractivity contribution in [2.24, 2.45) is 0 Å². The van der Waals surface area contributed by atoms with Crippen LogP contribution in [0.25, 0.3) is 0 Å². The topological polar surface area (TPSA) is 38.2 Å². The van der Waals surface area contributed by atoms with Crippen molar-refractivity contribution in [2.45, 2.75) is 32.4 Å². The first-order chi connectivity index (χ1) is 10.7. The quantitative estimate of drug-likeness (QED) is 0.833. The second-order valence-corrected chi connectivity index (χ2v) is 6.68.